The third-order valence-electron chi connectivity index (χ3n) is 6.19. The Hall–Kier alpha value is -4.14. The number of hydrogen-bond donors (Lipinski definition) is 3. The van der Waals surface area contributed by atoms with Crippen LogP contribution in [0.4, 0.5) is 17.1 Å². The Kier molecular flexibility index (Phi) is 8.32. The first-order valence-corrected chi connectivity index (χ1v) is 14.4. The Labute approximate surface area is 239 Å². The van der Waals surface area contributed by atoms with E-state index in [-0.39, 0.29) is 32.5 Å². The van der Waals surface area contributed by atoms with Crippen molar-refractivity contribution in [2.24, 2.45) is 0 Å². The van der Waals surface area contributed by atoms with E-state index < -0.39 is 15.9 Å². The summed E-state index contributed by atoms with van der Waals surface area (Å²) in [6, 6.07) is 24.9. The van der Waals surface area contributed by atoms with Crippen molar-refractivity contribution >= 4 is 50.5 Å². The van der Waals surface area contributed by atoms with Gasteiger partial charge in [-0.1, -0.05) is 68.3 Å². The zero-order valence-corrected chi connectivity index (χ0v) is 24.2. The molecule has 0 aliphatic carbocycles. The molecule has 3 N–H and O–H groups in total. The van der Waals surface area contributed by atoms with Gasteiger partial charge in [-0.05, 0) is 78.6 Å². The van der Waals surface area contributed by atoms with Crippen molar-refractivity contribution in [2.75, 3.05) is 15.4 Å². The van der Waals surface area contributed by atoms with Crippen LogP contribution in [0.1, 0.15) is 52.6 Å². The molecule has 0 atom stereocenters. The van der Waals surface area contributed by atoms with Gasteiger partial charge in [0.1, 0.15) is 0 Å². The number of carbonyl (C=O) groups is 2. The maximum atomic E-state index is 12.9. The highest BCUT2D eigenvalue weighted by molar-refractivity contribution is 7.92. The van der Waals surface area contributed by atoms with Crippen molar-refractivity contribution in [1.82, 2.24) is 0 Å². The molecule has 0 bridgehead atoms. The highest BCUT2D eigenvalue weighted by Gasteiger charge is 2.17. The van der Waals surface area contributed by atoms with Crippen molar-refractivity contribution in [3.8, 4) is 0 Å². The van der Waals surface area contributed by atoms with Gasteiger partial charge >= 0.3 is 0 Å². The molecule has 4 aromatic carbocycles. The SMILES string of the molecule is Cc1ccc(S(=O)(=O)Nc2ccc(C(=O)Nc3cccc(NC(=O)c4ccc(C(C)(C)C)cc4)c3)c(Cl)c2)cc1. The number of hydrogen-bond acceptors (Lipinski definition) is 4. The van der Waals surface area contributed by atoms with Gasteiger partial charge in [-0.2, -0.15) is 0 Å². The van der Waals surface area contributed by atoms with Crippen molar-refractivity contribution in [3.63, 3.8) is 0 Å². The summed E-state index contributed by atoms with van der Waals surface area (Å²) in [5.41, 5.74) is 3.92. The van der Waals surface area contributed by atoms with Crippen LogP contribution in [0, 0.1) is 6.92 Å². The zero-order chi connectivity index (χ0) is 29.1. The Morgan fingerprint density at radius 2 is 1.32 bits per heavy atom. The molecule has 9 heteroatoms. The lowest BCUT2D eigenvalue weighted by Crippen LogP contribution is -2.16. The van der Waals surface area contributed by atoms with Crippen molar-refractivity contribution in [3.05, 3.63) is 118 Å². The van der Waals surface area contributed by atoms with Gasteiger partial charge in [-0.15, -0.1) is 0 Å². The minimum atomic E-state index is -3.82. The quantitative estimate of drug-likeness (QED) is 0.216. The fourth-order valence-corrected chi connectivity index (χ4v) is 5.21. The van der Waals surface area contributed by atoms with Crippen LogP contribution < -0.4 is 15.4 Å². The van der Waals surface area contributed by atoms with E-state index in [2.05, 4.69) is 36.1 Å². The Balaban J connectivity index is 1.42. The van der Waals surface area contributed by atoms with Crippen LogP contribution in [-0.4, -0.2) is 20.2 Å². The molecule has 4 aromatic rings. The van der Waals surface area contributed by atoms with E-state index in [4.69, 9.17) is 11.6 Å². The maximum Gasteiger partial charge on any atom is 0.261 e. The summed E-state index contributed by atoms with van der Waals surface area (Å²) in [6.45, 7) is 8.19. The second kappa shape index (κ2) is 11.5. The van der Waals surface area contributed by atoms with Crippen molar-refractivity contribution in [1.29, 1.82) is 0 Å². The minimum absolute atomic E-state index is 0.0135. The molecule has 2 amide bonds. The van der Waals surface area contributed by atoms with Gasteiger partial charge in [-0.3, -0.25) is 14.3 Å². The highest BCUT2D eigenvalue weighted by Crippen LogP contribution is 2.26. The molecule has 206 valence electrons. The smallest absolute Gasteiger partial charge is 0.261 e. The first-order chi connectivity index (χ1) is 18.8. The van der Waals surface area contributed by atoms with Crippen LogP contribution in [0.25, 0.3) is 0 Å². The number of aryl methyl sites for hydroxylation is 1. The van der Waals surface area contributed by atoms with Gasteiger partial charge in [0.2, 0.25) is 0 Å². The van der Waals surface area contributed by atoms with E-state index in [1.165, 1.54) is 30.3 Å². The van der Waals surface area contributed by atoms with Gasteiger partial charge in [0.05, 0.1) is 21.2 Å². The minimum Gasteiger partial charge on any atom is -0.322 e. The second-order valence-corrected chi connectivity index (χ2v) is 12.5. The van der Waals surface area contributed by atoms with Gasteiger partial charge in [-0.25, -0.2) is 8.42 Å². The topological polar surface area (TPSA) is 104 Å². The number of anilines is 3. The Morgan fingerprint density at radius 3 is 1.90 bits per heavy atom. The molecule has 0 aliphatic rings. The predicted octanol–water partition coefficient (Wildman–Crippen LogP) is 7.25. The monoisotopic (exact) mass is 575 g/mol. The summed E-state index contributed by atoms with van der Waals surface area (Å²) in [6.07, 6.45) is 0. The first kappa shape index (κ1) is 28.9. The van der Waals surface area contributed by atoms with E-state index >= 15 is 0 Å². The number of nitrogens with one attached hydrogen (secondary N) is 3. The average Bonchev–Trinajstić information content (AvgIpc) is 2.88. The summed E-state index contributed by atoms with van der Waals surface area (Å²) in [5, 5.41) is 5.68. The summed E-state index contributed by atoms with van der Waals surface area (Å²) in [7, 11) is -3.82. The van der Waals surface area contributed by atoms with Crippen LogP contribution in [-0.2, 0) is 15.4 Å². The zero-order valence-electron chi connectivity index (χ0n) is 22.6. The Morgan fingerprint density at radius 1 is 0.725 bits per heavy atom. The fourth-order valence-electron chi connectivity index (χ4n) is 3.89. The molecule has 4 rings (SSSR count). The van der Waals surface area contributed by atoms with Crippen molar-refractivity contribution < 1.29 is 18.0 Å². The van der Waals surface area contributed by atoms with Gasteiger partial charge in [0.15, 0.2) is 0 Å². The normalized spacial score (nSPS) is 11.5. The largest absolute Gasteiger partial charge is 0.322 e. The number of carbonyl (C=O) groups excluding carboxylic acids is 2. The summed E-state index contributed by atoms with van der Waals surface area (Å²) >= 11 is 6.34. The molecule has 0 saturated carbocycles. The standard InChI is InChI=1S/C31H30ClN3O4S/c1-20-8-15-26(16-9-20)40(38,39)35-25-14-17-27(28(32)19-25)30(37)34-24-7-5-6-23(18-24)33-29(36)21-10-12-22(13-11-21)31(2,3)4/h5-19,35H,1-4H3,(H,33,36)(H,34,37). The van der Waals surface area contributed by atoms with E-state index in [9.17, 15) is 18.0 Å². The van der Waals surface area contributed by atoms with Gasteiger partial charge in [0.25, 0.3) is 21.8 Å². The predicted molar refractivity (Wildman–Crippen MR) is 161 cm³/mol. The average molecular weight is 576 g/mol. The number of sulfonamides is 1. The Bertz CT molecular complexity index is 1660. The molecular weight excluding hydrogens is 546 g/mol. The molecule has 0 heterocycles. The van der Waals surface area contributed by atoms with Crippen LogP contribution in [0.3, 0.4) is 0 Å². The summed E-state index contributed by atoms with van der Waals surface area (Å²) in [4.78, 5) is 25.8. The molecule has 0 aromatic heterocycles. The molecular formula is C31H30ClN3O4S. The molecule has 7 nitrogen and oxygen atoms in total. The lowest BCUT2D eigenvalue weighted by Gasteiger charge is -2.19. The fraction of sp³-hybridized carbons (Fsp3) is 0.161. The molecule has 0 unspecified atom stereocenters. The maximum absolute atomic E-state index is 12.9. The molecule has 40 heavy (non-hydrogen) atoms. The molecule has 0 fully saturated rings. The highest BCUT2D eigenvalue weighted by atomic mass is 35.5. The van der Waals surface area contributed by atoms with E-state index in [0.29, 0.717) is 16.9 Å². The van der Waals surface area contributed by atoms with Gasteiger partial charge < -0.3 is 10.6 Å². The van der Waals surface area contributed by atoms with E-state index in [0.717, 1.165) is 11.1 Å². The first-order valence-electron chi connectivity index (χ1n) is 12.5. The number of benzene rings is 4. The third kappa shape index (κ3) is 7.08. The number of halogens is 1. The van der Waals surface area contributed by atoms with E-state index in [1.54, 1.807) is 48.5 Å². The van der Waals surface area contributed by atoms with Crippen molar-refractivity contribution in [2.45, 2.75) is 38.0 Å². The van der Waals surface area contributed by atoms with Crippen LogP contribution in [0.5, 0.6) is 0 Å². The summed E-state index contributed by atoms with van der Waals surface area (Å²) < 4.78 is 27.8. The third-order valence-corrected chi connectivity index (χ3v) is 7.90. The number of amides is 2. The lowest BCUT2D eigenvalue weighted by molar-refractivity contribution is 0.101. The molecule has 0 radical (unpaired) electrons. The van der Waals surface area contributed by atoms with E-state index in [1.807, 2.05) is 19.1 Å². The molecule has 0 saturated heterocycles. The second-order valence-electron chi connectivity index (χ2n) is 10.4. The molecule has 0 spiro atoms. The van der Waals surface area contributed by atoms with Crippen LogP contribution in [0.15, 0.2) is 95.9 Å². The van der Waals surface area contributed by atoms with Crippen LogP contribution >= 0.6 is 11.6 Å². The van der Waals surface area contributed by atoms with Gasteiger partial charge in [0, 0.05) is 16.9 Å². The lowest BCUT2D eigenvalue weighted by atomic mass is 9.87. The molecule has 0 aliphatic heterocycles. The summed E-state index contributed by atoms with van der Waals surface area (Å²) in [5.74, 6) is -0.755. The van der Waals surface area contributed by atoms with Crippen LogP contribution in [0.2, 0.25) is 5.02 Å². The number of rotatable bonds is 7.